The van der Waals surface area contributed by atoms with Crippen molar-refractivity contribution in [3.05, 3.63) is 29.6 Å². The van der Waals surface area contributed by atoms with Crippen molar-refractivity contribution >= 4 is 22.6 Å². The third-order valence-electron chi connectivity index (χ3n) is 3.43. The molecule has 0 aliphatic carbocycles. The molecule has 2 rings (SSSR count). The van der Waals surface area contributed by atoms with E-state index < -0.39 is 0 Å². The molecule has 1 aromatic carbocycles. The number of benzene rings is 1. The van der Waals surface area contributed by atoms with E-state index in [-0.39, 0.29) is 5.41 Å². The van der Waals surface area contributed by atoms with Crippen molar-refractivity contribution < 1.29 is 0 Å². The third-order valence-corrected chi connectivity index (χ3v) is 3.67. The van der Waals surface area contributed by atoms with E-state index in [4.69, 9.17) is 11.6 Å². The van der Waals surface area contributed by atoms with Crippen LogP contribution in [0.4, 0.5) is 0 Å². The van der Waals surface area contributed by atoms with Gasteiger partial charge in [0.2, 0.25) is 0 Å². The second-order valence-electron chi connectivity index (χ2n) is 6.64. The zero-order chi connectivity index (χ0) is 14.9. The van der Waals surface area contributed by atoms with Gasteiger partial charge in [0.1, 0.15) is 5.82 Å². The highest BCUT2D eigenvalue weighted by atomic mass is 35.5. The largest absolute Gasteiger partial charge is 0.326 e. The van der Waals surface area contributed by atoms with Gasteiger partial charge in [-0.2, -0.15) is 0 Å². The summed E-state index contributed by atoms with van der Waals surface area (Å²) in [6.07, 6.45) is 0. The maximum absolute atomic E-state index is 6.08. The number of rotatable bonds is 5. The van der Waals surface area contributed by atoms with Crippen LogP contribution in [0.1, 0.15) is 25.2 Å². The number of imidazole rings is 1. The Morgan fingerprint density at radius 3 is 2.60 bits per heavy atom. The number of fused-ring (bicyclic) bond motifs is 1. The van der Waals surface area contributed by atoms with Crippen LogP contribution in [-0.4, -0.2) is 35.1 Å². The maximum Gasteiger partial charge on any atom is 0.124 e. The lowest BCUT2D eigenvalue weighted by Crippen LogP contribution is -2.32. The first kappa shape index (κ1) is 15.3. The smallest absolute Gasteiger partial charge is 0.124 e. The Morgan fingerprint density at radius 1 is 1.30 bits per heavy atom. The van der Waals surface area contributed by atoms with Crippen molar-refractivity contribution in [3.63, 3.8) is 0 Å². The molecule has 0 saturated carbocycles. The molecule has 0 unspecified atom stereocenters. The minimum atomic E-state index is 0.168. The summed E-state index contributed by atoms with van der Waals surface area (Å²) < 4.78 is 2.28. The Hall–Kier alpha value is -1.06. The van der Waals surface area contributed by atoms with Crippen LogP contribution >= 0.6 is 11.6 Å². The van der Waals surface area contributed by atoms with Gasteiger partial charge in [-0.25, -0.2) is 4.98 Å². The number of halogens is 1. The van der Waals surface area contributed by atoms with Gasteiger partial charge in [-0.15, -0.1) is 11.6 Å². The minimum absolute atomic E-state index is 0.168. The van der Waals surface area contributed by atoms with Crippen molar-refractivity contribution in [3.8, 4) is 0 Å². The number of alkyl halides is 1. The van der Waals surface area contributed by atoms with E-state index in [1.54, 1.807) is 0 Å². The van der Waals surface area contributed by atoms with Crippen molar-refractivity contribution in [2.24, 2.45) is 5.41 Å². The zero-order valence-electron chi connectivity index (χ0n) is 13.1. The van der Waals surface area contributed by atoms with E-state index >= 15 is 0 Å². The molecule has 0 bridgehead atoms. The van der Waals surface area contributed by atoms with Gasteiger partial charge in [-0.05, 0) is 44.1 Å². The number of aryl methyl sites for hydroxylation is 1. The fourth-order valence-electron chi connectivity index (χ4n) is 2.90. The van der Waals surface area contributed by atoms with Gasteiger partial charge in [0.25, 0.3) is 0 Å². The number of aromatic nitrogens is 2. The summed E-state index contributed by atoms with van der Waals surface area (Å²) in [6, 6.07) is 6.38. The predicted molar refractivity (Wildman–Crippen MR) is 86.4 cm³/mol. The fourth-order valence-corrected chi connectivity index (χ4v) is 3.10. The topological polar surface area (TPSA) is 21.1 Å². The number of hydrogen-bond donors (Lipinski definition) is 0. The lowest BCUT2D eigenvalue weighted by Gasteiger charge is -2.29. The van der Waals surface area contributed by atoms with E-state index in [0.717, 1.165) is 24.4 Å². The van der Waals surface area contributed by atoms with Crippen LogP contribution in [0.2, 0.25) is 0 Å². The van der Waals surface area contributed by atoms with Crippen LogP contribution in [0.15, 0.2) is 18.2 Å². The SMILES string of the molecule is Cc1ccc2nc(CCl)n(CC(C)(C)CN(C)C)c2c1. The summed E-state index contributed by atoms with van der Waals surface area (Å²) in [5, 5.41) is 0. The summed E-state index contributed by atoms with van der Waals surface area (Å²) in [5.74, 6) is 1.41. The molecular formula is C16H24ClN3. The highest BCUT2D eigenvalue weighted by Crippen LogP contribution is 2.25. The third kappa shape index (κ3) is 3.33. The van der Waals surface area contributed by atoms with Crippen molar-refractivity contribution in [1.29, 1.82) is 0 Å². The average molecular weight is 294 g/mol. The molecule has 0 saturated heterocycles. The summed E-state index contributed by atoms with van der Waals surface area (Å²) in [6.45, 7) is 8.63. The molecule has 2 aromatic rings. The molecule has 0 amide bonds. The van der Waals surface area contributed by atoms with Crippen LogP contribution in [-0.2, 0) is 12.4 Å². The summed E-state index contributed by atoms with van der Waals surface area (Å²) in [4.78, 5) is 6.88. The fraction of sp³-hybridized carbons (Fsp3) is 0.562. The molecule has 0 N–H and O–H groups in total. The number of nitrogens with zero attached hydrogens (tertiary/aromatic N) is 3. The molecule has 0 radical (unpaired) electrons. The van der Waals surface area contributed by atoms with E-state index in [1.165, 1.54) is 11.1 Å². The standard InChI is InChI=1S/C16H24ClN3/c1-12-6-7-13-14(8-12)20(15(9-17)18-13)11-16(2,3)10-19(4)5/h6-8H,9-11H2,1-5H3. The van der Waals surface area contributed by atoms with Gasteiger partial charge in [-0.3, -0.25) is 0 Å². The first-order valence-corrected chi connectivity index (χ1v) is 7.52. The molecule has 1 aromatic heterocycles. The van der Waals surface area contributed by atoms with Gasteiger partial charge in [0.05, 0.1) is 16.9 Å². The van der Waals surface area contributed by atoms with Crippen LogP contribution < -0.4 is 0 Å². The summed E-state index contributed by atoms with van der Waals surface area (Å²) in [5.41, 5.74) is 3.64. The highest BCUT2D eigenvalue weighted by molar-refractivity contribution is 6.16. The Labute approximate surface area is 126 Å². The Kier molecular flexibility index (Phi) is 4.40. The zero-order valence-corrected chi connectivity index (χ0v) is 13.8. The lowest BCUT2D eigenvalue weighted by atomic mass is 9.92. The van der Waals surface area contributed by atoms with Gasteiger partial charge in [0.15, 0.2) is 0 Å². The monoisotopic (exact) mass is 293 g/mol. The van der Waals surface area contributed by atoms with Crippen LogP contribution in [0.3, 0.4) is 0 Å². The molecule has 110 valence electrons. The van der Waals surface area contributed by atoms with Crippen molar-refractivity contribution in [2.75, 3.05) is 20.6 Å². The first-order valence-electron chi connectivity index (χ1n) is 6.99. The molecule has 0 aliphatic rings. The normalized spacial score (nSPS) is 12.6. The van der Waals surface area contributed by atoms with Gasteiger partial charge < -0.3 is 9.47 Å². The molecule has 4 heteroatoms. The molecule has 20 heavy (non-hydrogen) atoms. The van der Waals surface area contributed by atoms with Crippen molar-refractivity contribution in [2.45, 2.75) is 33.2 Å². The van der Waals surface area contributed by atoms with E-state index in [2.05, 4.69) is 67.5 Å². The first-order chi connectivity index (χ1) is 9.32. The maximum atomic E-state index is 6.08. The van der Waals surface area contributed by atoms with Crippen LogP contribution in [0.5, 0.6) is 0 Å². The minimum Gasteiger partial charge on any atom is -0.326 e. The second kappa shape index (κ2) is 5.74. The summed E-state index contributed by atoms with van der Waals surface area (Å²) in [7, 11) is 4.22. The van der Waals surface area contributed by atoms with Crippen LogP contribution in [0.25, 0.3) is 11.0 Å². The van der Waals surface area contributed by atoms with Gasteiger partial charge in [-0.1, -0.05) is 19.9 Å². The molecule has 0 aliphatic heterocycles. The Bertz CT molecular complexity index is 599. The van der Waals surface area contributed by atoms with E-state index in [0.29, 0.717) is 5.88 Å². The lowest BCUT2D eigenvalue weighted by molar-refractivity contribution is 0.212. The Morgan fingerprint density at radius 2 is 2.00 bits per heavy atom. The van der Waals surface area contributed by atoms with E-state index in [9.17, 15) is 0 Å². The summed E-state index contributed by atoms with van der Waals surface area (Å²) >= 11 is 6.08. The quantitative estimate of drug-likeness (QED) is 0.784. The molecular weight excluding hydrogens is 270 g/mol. The van der Waals surface area contributed by atoms with Crippen LogP contribution in [0, 0.1) is 12.3 Å². The molecule has 0 atom stereocenters. The molecule has 0 fully saturated rings. The number of hydrogen-bond acceptors (Lipinski definition) is 2. The van der Waals surface area contributed by atoms with Gasteiger partial charge in [0, 0.05) is 13.1 Å². The highest BCUT2D eigenvalue weighted by Gasteiger charge is 2.22. The average Bonchev–Trinajstić information content (AvgIpc) is 2.65. The second-order valence-corrected chi connectivity index (χ2v) is 6.91. The van der Waals surface area contributed by atoms with Gasteiger partial charge >= 0.3 is 0 Å². The Balaban J connectivity index is 2.44. The molecule has 3 nitrogen and oxygen atoms in total. The molecule has 1 heterocycles. The van der Waals surface area contributed by atoms with Crippen molar-refractivity contribution in [1.82, 2.24) is 14.5 Å². The predicted octanol–water partition coefficient (Wildman–Crippen LogP) is 3.67. The van der Waals surface area contributed by atoms with E-state index in [1.807, 2.05) is 0 Å². The molecule has 0 spiro atoms.